The molecule has 0 unspecified atom stereocenters. The lowest BCUT2D eigenvalue weighted by Crippen LogP contribution is -2.09. The van der Waals surface area contributed by atoms with Gasteiger partial charge in [0.15, 0.2) is 5.82 Å². The molecule has 146 valence electrons. The summed E-state index contributed by atoms with van der Waals surface area (Å²) in [5.41, 5.74) is 7.93. The van der Waals surface area contributed by atoms with Crippen molar-refractivity contribution in [2.24, 2.45) is 0 Å². The largest absolute Gasteiger partial charge is 0.396 e. The van der Waals surface area contributed by atoms with Crippen LogP contribution in [0, 0.1) is 5.82 Å². The molecule has 4 rings (SSSR count). The lowest BCUT2D eigenvalue weighted by Gasteiger charge is -2.13. The number of imidazole rings is 1. The fourth-order valence-electron chi connectivity index (χ4n) is 3.20. The predicted molar refractivity (Wildman–Crippen MR) is 106 cm³/mol. The van der Waals surface area contributed by atoms with Crippen LogP contribution >= 0.6 is 11.6 Å². The molecule has 1 aromatic carbocycles. The van der Waals surface area contributed by atoms with E-state index in [1.54, 1.807) is 24.4 Å². The first-order valence-corrected chi connectivity index (χ1v) is 9.69. The van der Waals surface area contributed by atoms with Gasteiger partial charge in [0.25, 0.3) is 0 Å². The van der Waals surface area contributed by atoms with Gasteiger partial charge in [-0.15, -0.1) is 0 Å². The molecule has 0 atom stereocenters. The smallest absolute Gasteiger partial charge is 0.222 e. The van der Waals surface area contributed by atoms with Crippen LogP contribution in [0.3, 0.4) is 0 Å². The van der Waals surface area contributed by atoms with E-state index in [-0.39, 0.29) is 11.0 Å². The van der Waals surface area contributed by atoms with Crippen LogP contribution < -0.4 is 5.73 Å². The minimum absolute atomic E-state index is 0.0777. The molecule has 2 aromatic heterocycles. The van der Waals surface area contributed by atoms with Crippen LogP contribution in [0.1, 0.15) is 37.9 Å². The van der Waals surface area contributed by atoms with Crippen molar-refractivity contribution in [1.29, 1.82) is 0 Å². The van der Waals surface area contributed by atoms with Gasteiger partial charge in [0.2, 0.25) is 5.28 Å². The molecule has 1 saturated carbocycles. The van der Waals surface area contributed by atoms with Crippen molar-refractivity contribution in [3.63, 3.8) is 0 Å². The van der Waals surface area contributed by atoms with E-state index in [0.29, 0.717) is 41.9 Å². The van der Waals surface area contributed by atoms with E-state index >= 15 is 0 Å². The third-order valence-corrected chi connectivity index (χ3v) is 4.84. The molecule has 0 amide bonds. The number of halogens is 2. The maximum absolute atomic E-state index is 14.9. The van der Waals surface area contributed by atoms with E-state index in [1.165, 1.54) is 6.07 Å². The van der Waals surface area contributed by atoms with E-state index in [2.05, 4.69) is 9.97 Å². The molecule has 3 aromatic rings. The fourth-order valence-corrected chi connectivity index (χ4v) is 3.35. The molecule has 2 heterocycles. The van der Waals surface area contributed by atoms with E-state index < -0.39 is 5.82 Å². The Morgan fingerprint density at radius 3 is 2.82 bits per heavy atom. The first kappa shape index (κ1) is 18.8. The molecule has 2 N–H and O–H groups in total. The zero-order chi connectivity index (χ0) is 19.7. The Morgan fingerprint density at radius 2 is 2.11 bits per heavy atom. The monoisotopic (exact) mass is 401 g/mol. The van der Waals surface area contributed by atoms with Crippen LogP contribution in [0.2, 0.25) is 5.28 Å². The van der Waals surface area contributed by atoms with Crippen LogP contribution in [0.4, 0.5) is 10.1 Å². The topological polar surface area (TPSA) is 78.9 Å². The van der Waals surface area contributed by atoms with Crippen LogP contribution in [0.5, 0.6) is 0 Å². The van der Waals surface area contributed by atoms with E-state index in [1.807, 2.05) is 11.5 Å². The molecule has 1 fully saturated rings. The number of rotatable bonds is 7. The summed E-state index contributed by atoms with van der Waals surface area (Å²) in [5.74, 6) is 0.710. The Kier molecular flexibility index (Phi) is 5.28. The highest BCUT2D eigenvalue weighted by Crippen LogP contribution is 2.44. The number of nitrogens with zero attached hydrogens (tertiary/aromatic N) is 4. The van der Waals surface area contributed by atoms with Crippen molar-refractivity contribution in [2.45, 2.75) is 38.8 Å². The number of anilines is 1. The predicted octanol–water partition coefficient (Wildman–Crippen LogP) is 4.64. The molecule has 0 saturated heterocycles. The first-order chi connectivity index (χ1) is 13.6. The highest BCUT2D eigenvalue weighted by Gasteiger charge is 2.33. The number of nitrogens with two attached hydrogens (primary N) is 1. The summed E-state index contributed by atoms with van der Waals surface area (Å²) >= 11 is 6.03. The molecular weight excluding hydrogens is 381 g/mol. The molecule has 0 radical (unpaired) electrons. The molecule has 0 aliphatic heterocycles. The van der Waals surface area contributed by atoms with Crippen LogP contribution in [-0.2, 0) is 11.5 Å². The van der Waals surface area contributed by atoms with E-state index in [9.17, 15) is 4.39 Å². The van der Waals surface area contributed by atoms with Gasteiger partial charge < -0.3 is 15.0 Å². The van der Waals surface area contributed by atoms with Gasteiger partial charge in [0.1, 0.15) is 18.2 Å². The minimum atomic E-state index is -0.495. The Labute approximate surface area is 167 Å². The highest BCUT2D eigenvalue weighted by atomic mass is 35.5. The summed E-state index contributed by atoms with van der Waals surface area (Å²) in [5, 5.41) is 0.117. The van der Waals surface area contributed by atoms with Crippen molar-refractivity contribution in [1.82, 2.24) is 19.5 Å². The number of nitrogen functional groups attached to an aromatic ring is 1. The maximum atomic E-state index is 14.9. The second-order valence-electron chi connectivity index (χ2n) is 6.83. The summed E-state index contributed by atoms with van der Waals surface area (Å²) in [4.78, 5) is 13.1. The van der Waals surface area contributed by atoms with Gasteiger partial charge in [-0.3, -0.25) is 0 Å². The number of ether oxygens (including phenoxy) is 1. The molecule has 1 aliphatic carbocycles. The van der Waals surface area contributed by atoms with Gasteiger partial charge in [0.05, 0.1) is 17.1 Å². The Balaban J connectivity index is 1.94. The molecule has 28 heavy (non-hydrogen) atoms. The normalized spacial score (nSPS) is 13.8. The SMILES string of the molecule is CCCOCn1c(C2CC2)nc(-c2cccc(N)c2F)c1-c1ccnc(Cl)n1. The zero-order valence-electron chi connectivity index (χ0n) is 15.5. The summed E-state index contributed by atoms with van der Waals surface area (Å²) in [6.07, 6.45) is 4.57. The number of aromatic nitrogens is 4. The highest BCUT2D eigenvalue weighted by molar-refractivity contribution is 6.28. The Bertz CT molecular complexity index is 1000. The fraction of sp³-hybridized carbons (Fsp3) is 0.350. The van der Waals surface area contributed by atoms with Crippen molar-refractivity contribution in [3.8, 4) is 22.6 Å². The average Bonchev–Trinajstić information content (AvgIpc) is 3.46. The summed E-state index contributed by atoms with van der Waals surface area (Å²) in [7, 11) is 0. The van der Waals surface area contributed by atoms with Gasteiger partial charge >= 0.3 is 0 Å². The van der Waals surface area contributed by atoms with Gasteiger partial charge in [-0.25, -0.2) is 19.3 Å². The van der Waals surface area contributed by atoms with Crippen molar-refractivity contribution in [2.75, 3.05) is 12.3 Å². The first-order valence-electron chi connectivity index (χ1n) is 9.31. The second kappa shape index (κ2) is 7.85. The van der Waals surface area contributed by atoms with E-state index in [4.69, 9.17) is 27.1 Å². The molecule has 0 bridgehead atoms. The van der Waals surface area contributed by atoms with Gasteiger partial charge in [-0.05, 0) is 49.1 Å². The molecule has 0 spiro atoms. The standard InChI is InChI=1S/C20H21ClFN5O/c1-2-10-28-11-27-18(15-8-9-24-20(21)25-15)17(26-19(27)12-6-7-12)13-4-3-5-14(23)16(13)22/h3-5,8-9,12H,2,6-7,10-11,23H2,1H3. The molecule has 6 nitrogen and oxygen atoms in total. The van der Waals surface area contributed by atoms with Crippen molar-refractivity contribution < 1.29 is 9.13 Å². The lowest BCUT2D eigenvalue weighted by atomic mass is 10.1. The summed E-state index contributed by atoms with van der Waals surface area (Å²) in [6.45, 7) is 2.98. The average molecular weight is 402 g/mol. The van der Waals surface area contributed by atoms with E-state index in [0.717, 1.165) is 25.1 Å². The molecular formula is C20H21ClFN5O. The summed E-state index contributed by atoms with van der Waals surface area (Å²) in [6, 6.07) is 6.66. The second-order valence-corrected chi connectivity index (χ2v) is 7.16. The third kappa shape index (κ3) is 3.59. The number of hydrogen-bond donors (Lipinski definition) is 1. The Hall–Kier alpha value is -2.51. The van der Waals surface area contributed by atoms with Crippen molar-refractivity contribution >= 4 is 17.3 Å². The van der Waals surface area contributed by atoms with Gasteiger partial charge in [-0.2, -0.15) is 0 Å². The summed E-state index contributed by atoms with van der Waals surface area (Å²) < 4.78 is 22.6. The van der Waals surface area contributed by atoms with Gasteiger partial charge in [0, 0.05) is 24.3 Å². The third-order valence-electron chi connectivity index (χ3n) is 4.66. The van der Waals surface area contributed by atoms with Crippen LogP contribution in [0.15, 0.2) is 30.5 Å². The van der Waals surface area contributed by atoms with Crippen LogP contribution in [-0.4, -0.2) is 26.1 Å². The molecule has 1 aliphatic rings. The maximum Gasteiger partial charge on any atom is 0.222 e. The number of benzene rings is 1. The molecule has 8 heteroatoms. The quantitative estimate of drug-likeness (QED) is 0.354. The Morgan fingerprint density at radius 1 is 1.29 bits per heavy atom. The zero-order valence-corrected chi connectivity index (χ0v) is 16.3. The lowest BCUT2D eigenvalue weighted by molar-refractivity contribution is 0.0765. The number of hydrogen-bond acceptors (Lipinski definition) is 5. The minimum Gasteiger partial charge on any atom is -0.396 e. The van der Waals surface area contributed by atoms with Crippen LogP contribution in [0.25, 0.3) is 22.6 Å². The van der Waals surface area contributed by atoms with Gasteiger partial charge in [-0.1, -0.05) is 13.0 Å². The van der Waals surface area contributed by atoms with Crippen molar-refractivity contribution in [3.05, 3.63) is 47.4 Å².